The third kappa shape index (κ3) is 6.47. The molecule has 1 heterocycles. The lowest BCUT2D eigenvalue weighted by Crippen LogP contribution is -2.37. The van der Waals surface area contributed by atoms with Crippen LogP contribution in [0.1, 0.15) is 23.6 Å². The summed E-state index contributed by atoms with van der Waals surface area (Å²) in [6.07, 6.45) is -3.58. The van der Waals surface area contributed by atoms with Crippen molar-refractivity contribution in [3.8, 4) is 11.5 Å². The van der Waals surface area contributed by atoms with Crippen LogP contribution in [0, 0.1) is 0 Å². The lowest BCUT2D eigenvalue weighted by molar-refractivity contribution is -0.153. The molecular weight excluding hydrogens is 486 g/mol. The van der Waals surface area contributed by atoms with Crippen molar-refractivity contribution in [1.82, 2.24) is 5.32 Å². The van der Waals surface area contributed by atoms with Crippen LogP contribution in [0.25, 0.3) is 0 Å². The van der Waals surface area contributed by atoms with Crippen molar-refractivity contribution in [3.63, 3.8) is 0 Å². The van der Waals surface area contributed by atoms with E-state index in [0.29, 0.717) is 19.1 Å². The van der Waals surface area contributed by atoms with E-state index < -0.39 is 12.8 Å². The summed E-state index contributed by atoms with van der Waals surface area (Å²) >= 11 is 0. The number of fused-ring (bicyclic) bond motifs is 1. The largest absolute Gasteiger partial charge is 0.493 e. The molecule has 0 bridgehead atoms. The predicted molar refractivity (Wildman–Crippen MR) is 111 cm³/mol. The minimum atomic E-state index is -4.36. The second-order valence-corrected chi connectivity index (χ2v) is 6.12. The van der Waals surface area contributed by atoms with E-state index in [1.165, 1.54) is 12.1 Å². The average Bonchev–Trinajstić information content (AvgIpc) is 2.65. The summed E-state index contributed by atoms with van der Waals surface area (Å²) in [7, 11) is 0. The van der Waals surface area contributed by atoms with Gasteiger partial charge < -0.3 is 20.5 Å². The normalized spacial score (nSPS) is 16.4. The van der Waals surface area contributed by atoms with Gasteiger partial charge in [0.2, 0.25) is 0 Å². The van der Waals surface area contributed by atoms with E-state index in [1.54, 1.807) is 12.1 Å². The highest BCUT2D eigenvalue weighted by molar-refractivity contribution is 14.0. The number of hydrogen-bond donors (Lipinski definition) is 2. The molecule has 0 spiro atoms. The van der Waals surface area contributed by atoms with Gasteiger partial charge in [0.25, 0.3) is 0 Å². The van der Waals surface area contributed by atoms with Crippen LogP contribution in [0.2, 0.25) is 0 Å². The molecular formula is C19H21F3IN3O2. The molecule has 9 heteroatoms. The van der Waals surface area contributed by atoms with Crippen LogP contribution >= 0.6 is 24.0 Å². The molecule has 152 valence electrons. The first-order valence-corrected chi connectivity index (χ1v) is 8.47. The van der Waals surface area contributed by atoms with Crippen LogP contribution < -0.4 is 20.5 Å². The van der Waals surface area contributed by atoms with E-state index in [4.69, 9.17) is 10.5 Å². The molecule has 0 amide bonds. The van der Waals surface area contributed by atoms with Crippen molar-refractivity contribution in [3.05, 3.63) is 59.7 Å². The van der Waals surface area contributed by atoms with Crippen molar-refractivity contribution in [2.24, 2.45) is 10.7 Å². The summed E-state index contributed by atoms with van der Waals surface area (Å²) < 4.78 is 46.7. The minimum absolute atomic E-state index is 0. The van der Waals surface area contributed by atoms with Crippen molar-refractivity contribution in [2.75, 3.05) is 13.2 Å². The zero-order valence-corrected chi connectivity index (χ0v) is 17.2. The van der Waals surface area contributed by atoms with Gasteiger partial charge in [-0.15, -0.1) is 24.0 Å². The second-order valence-electron chi connectivity index (χ2n) is 6.12. The summed E-state index contributed by atoms with van der Waals surface area (Å²) in [5.41, 5.74) is 7.83. The molecule has 0 aromatic heterocycles. The third-order valence-corrected chi connectivity index (χ3v) is 4.04. The molecule has 1 aliphatic heterocycles. The number of halogens is 4. The van der Waals surface area contributed by atoms with Crippen LogP contribution in [-0.2, 0) is 6.54 Å². The van der Waals surface area contributed by atoms with Gasteiger partial charge in [-0.2, -0.15) is 13.2 Å². The summed E-state index contributed by atoms with van der Waals surface area (Å²) in [5, 5.41) is 3.19. The summed E-state index contributed by atoms with van der Waals surface area (Å²) in [5.74, 6) is 1.29. The molecule has 2 aromatic rings. The highest BCUT2D eigenvalue weighted by atomic mass is 127. The van der Waals surface area contributed by atoms with Gasteiger partial charge >= 0.3 is 6.18 Å². The van der Waals surface area contributed by atoms with Gasteiger partial charge in [-0.25, -0.2) is 4.99 Å². The molecule has 0 saturated heterocycles. The zero-order chi connectivity index (χ0) is 19.3. The molecule has 1 atom stereocenters. The Labute approximate surface area is 178 Å². The number of nitrogens with zero attached hydrogens (tertiary/aromatic N) is 1. The van der Waals surface area contributed by atoms with Gasteiger partial charge in [0.05, 0.1) is 19.2 Å². The Morgan fingerprint density at radius 3 is 2.61 bits per heavy atom. The van der Waals surface area contributed by atoms with Crippen LogP contribution in [0.4, 0.5) is 13.2 Å². The number of benzene rings is 2. The van der Waals surface area contributed by atoms with Crippen molar-refractivity contribution in [2.45, 2.75) is 25.2 Å². The monoisotopic (exact) mass is 507 g/mol. The Morgan fingerprint density at radius 1 is 1.18 bits per heavy atom. The quantitative estimate of drug-likeness (QED) is 0.362. The summed E-state index contributed by atoms with van der Waals surface area (Å²) in [6.45, 7) is -0.404. The van der Waals surface area contributed by atoms with Gasteiger partial charge in [0.1, 0.15) is 11.5 Å². The molecule has 0 aliphatic carbocycles. The standard InChI is InChI=1S/C19H20F3N3O2.HI/c20-19(21,22)12-27-14-7-5-13(6-8-14)11-24-18(23)25-16-9-10-26-17-4-2-1-3-15(16)17;/h1-8,16H,9-12H2,(H3,23,24,25);1H. The number of rotatable bonds is 5. The van der Waals surface area contributed by atoms with Crippen LogP contribution in [0.3, 0.4) is 0 Å². The lowest BCUT2D eigenvalue weighted by atomic mass is 10.0. The Hall–Kier alpha value is -2.17. The maximum absolute atomic E-state index is 12.1. The fourth-order valence-corrected chi connectivity index (χ4v) is 2.75. The lowest BCUT2D eigenvalue weighted by Gasteiger charge is -2.26. The van der Waals surface area contributed by atoms with Gasteiger partial charge in [0.15, 0.2) is 12.6 Å². The fourth-order valence-electron chi connectivity index (χ4n) is 2.75. The molecule has 0 saturated carbocycles. The molecule has 5 nitrogen and oxygen atoms in total. The van der Waals surface area contributed by atoms with E-state index in [2.05, 4.69) is 15.0 Å². The van der Waals surface area contributed by atoms with E-state index in [-0.39, 0.29) is 35.8 Å². The fraction of sp³-hybridized carbons (Fsp3) is 0.316. The first-order valence-electron chi connectivity index (χ1n) is 8.47. The predicted octanol–water partition coefficient (Wildman–Crippen LogP) is 4.17. The SMILES string of the molecule is I.NC(=NCc1ccc(OCC(F)(F)F)cc1)NC1CCOc2ccccc21. The van der Waals surface area contributed by atoms with E-state index in [0.717, 1.165) is 23.3 Å². The van der Waals surface area contributed by atoms with Gasteiger partial charge in [0, 0.05) is 12.0 Å². The van der Waals surface area contributed by atoms with Crippen molar-refractivity contribution in [1.29, 1.82) is 0 Å². The maximum Gasteiger partial charge on any atom is 0.422 e. The summed E-state index contributed by atoms with van der Waals surface area (Å²) in [4.78, 5) is 4.30. The third-order valence-electron chi connectivity index (χ3n) is 4.04. The Kier molecular flexibility index (Phi) is 7.78. The number of guanidine groups is 1. The first-order chi connectivity index (χ1) is 12.9. The number of alkyl halides is 3. The van der Waals surface area contributed by atoms with Gasteiger partial charge in [-0.05, 0) is 23.8 Å². The molecule has 3 rings (SSSR count). The van der Waals surface area contributed by atoms with E-state index >= 15 is 0 Å². The number of para-hydroxylation sites is 1. The minimum Gasteiger partial charge on any atom is -0.493 e. The number of aliphatic imine (C=N–C) groups is 1. The molecule has 3 N–H and O–H groups in total. The van der Waals surface area contributed by atoms with E-state index in [9.17, 15) is 13.2 Å². The molecule has 0 fully saturated rings. The maximum atomic E-state index is 12.1. The molecule has 28 heavy (non-hydrogen) atoms. The number of nitrogens with two attached hydrogens (primary N) is 1. The topological polar surface area (TPSA) is 68.9 Å². The van der Waals surface area contributed by atoms with Crippen LogP contribution in [-0.4, -0.2) is 25.3 Å². The van der Waals surface area contributed by atoms with Crippen molar-refractivity contribution >= 4 is 29.9 Å². The van der Waals surface area contributed by atoms with Crippen LogP contribution in [0.15, 0.2) is 53.5 Å². The number of hydrogen-bond acceptors (Lipinski definition) is 3. The zero-order valence-electron chi connectivity index (χ0n) is 14.9. The average molecular weight is 507 g/mol. The molecule has 0 radical (unpaired) electrons. The Bertz CT molecular complexity index is 798. The number of ether oxygens (including phenoxy) is 2. The highest BCUT2D eigenvalue weighted by Gasteiger charge is 2.28. The second kappa shape index (κ2) is 9.85. The highest BCUT2D eigenvalue weighted by Crippen LogP contribution is 2.31. The van der Waals surface area contributed by atoms with Crippen molar-refractivity contribution < 1.29 is 22.6 Å². The first kappa shape index (κ1) is 22.1. The molecule has 1 aliphatic rings. The van der Waals surface area contributed by atoms with Crippen LogP contribution in [0.5, 0.6) is 11.5 Å². The molecule has 1 unspecified atom stereocenters. The van der Waals surface area contributed by atoms with Gasteiger partial charge in [-0.1, -0.05) is 30.3 Å². The Balaban J connectivity index is 0.00000280. The number of nitrogens with one attached hydrogen (secondary N) is 1. The van der Waals surface area contributed by atoms with E-state index in [1.807, 2.05) is 24.3 Å². The smallest absolute Gasteiger partial charge is 0.422 e. The van der Waals surface area contributed by atoms with Gasteiger partial charge in [-0.3, -0.25) is 0 Å². The summed E-state index contributed by atoms with van der Waals surface area (Å²) in [6, 6.07) is 14.1. The Morgan fingerprint density at radius 2 is 1.89 bits per heavy atom. The molecule has 2 aromatic carbocycles.